The number of aldehydes is 1. The summed E-state index contributed by atoms with van der Waals surface area (Å²) in [7, 11) is 1.39. The van der Waals surface area contributed by atoms with Gasteiger partial charge in [-0.1, -0.05) is 19.3 Å². The predicted octanol–water partition coefficient (Wildman–Crippen LogP) is 3.38. The maximum atomic E-state index is 12.9. The number of aliphatic hydroxyl groups is 2. The van der Waals surface area contributed by atoms with Gasteiger partial charge in [-0.3, -0.25) is 4.79 Å². The van der Waals surface area contributed by atoms with Gasteiger partial charge in [0, 0.05) is 23.3 Å². The summed E-state index contributed by atoms with van der Waals surface area (Å²) in [6.07, 6.45) is 4.94. The third-order valence-electron chi connectivity index (χ3n) is 5.67. The Hall–Kier alpha value is -1.64. The van der Waals surface area contributed by atoms with Crippen LogP contribution < -0.4 is 4.74 Å². The van der Waals surface area contributed by atoms with Gasteiger partial charge >= 0.3 is 5.97 Å². The van der Waals surface area contributed by atoms with E-state index in [1.54, 1.807) is 0 Å². The number of carbonyl (C=O) groups is 2. The average molecular weight is 457 g/mol. The van der Waals surface area contributed by atoms with Crippen molar-refractivity contribution in [3.63, 3.8) is 0 Å². The summed E-state index contributed by atoms with van der Waals surface area (Å²) < 4.78 is 23.0. The van der Waals surface area contributed by atoms with Gasteiger partial charge in [-0.15, -0.1) is 0 Å². The first-order chi connectivity index (χ1) is 14.9. The molecule has 6 nitrogen and oxygen atoms in total. The van der Waals surface area contributed by atoms with Crippen LogP contribution in [-0.4, -0.2) is 59.4 Å². The van der Waals surface area contributed by atoms with E-state index in [0.717, 1.165) is 38.4 Å². The van der Waals surface area contributed by atoms with Crippen molar-refractivity contribution in [2.45, 2.75) is 62.4 Å². The highest BCUT2D eigenvalue weighted by atomic mass is 32.2. The number of hydrogen-bond acceptors (Lipinski definition) is 7. The number of aliphatic hydroxyl groups excluding tert-OH is 2. The number of benzene rings is 1. The molecule has 1 aliphatic rings. The highest BCUT2D eigenvalue weighted by molar-refractivity contribution is 8.00. The second-order valence-electron chi connectivity index (χ2n) is 8.01. The largest absolute Gasteiger partial charge is 0.491 e. The molecule has 0 saturated heterocycles. The molecule has 8 heteroatoms. The van der Waals surface area contributed by atoms with Crippen LogP contribution in [0, 0.1) is 17.7 Å². The van der Waals surface area contributed by atoms with Gasteiger partial charge in [0.15, 0.2) is 0 Å². The first-order valence-electron chi connectivity index (χ1n) is 10.8. The van der Waals surface area contributed by atoms with E-state index in [2.05, 4.69) is 4.74 Å². The van der Waals surface area contributed by atoms with Gasteiger partial charge in [-0.25, -0.2) is 4.39 Å². The van der Waals surface area contributed by atoms with Crippen molar-refractivity contribution in [2.75, 3.05) is 19.5 Å². The molecule has 2 N–H and O–H groups in total. The van der Waals surface area contributed by atoms with E-state index in [4.69, 9.17) is 4.74 Å². The Labute approximate surface area is 187 Å². The third kappa shape index (κ3) is 8.79. The van der Waals surface area contributed by atoms with Crippen LogP contribution in [0.3, 0.4) is 0 Å². The first-order valence-corrected chi connectivity index (χ1v) is 11.9. The molecule has 0 spiro atoms. The zero-order valence-electron chi connectivity index (χ0n) is 18.0. The fraction of sp³-hybridized carbons (Fsp3) is 0.652. The summed E-state index contributed by atoms with van der Waals surface area (Å²) in [5.41, 5.74) is 0. The van der Waals surface area contributed by atoms with Gasteiger partial charge < -0.3 is 24.5 Å². The quantitative estimate of drug-likeness (QED) is 0.252. The molecule has 0 bridgehead atoms. The molecule has 0 amide bonds. The second-order valence-corrected chi connectivity index (χ2v) is 9.22. The number of halogens is 1. The summed E-state index contributed by atoms with van der Waals surface area (Å²) in [4.78, 5) is 22.7. The number of unbranched alkanes of at least 4 members (excludes halogenated alkanes) is 3. The number of thioether (sulfide) groups is 1. The predicted molar refractivity (Wildman–Crippen MR) is 118 cm³/mol. The summed E-state index contributed by atoms with van der Waals surface area (Å²) in [6.45, 7) is 0.0728. The van der Waals surface area contributed by atoms with Gasteiger partial charge in [0.2, 0.25) is 0 Å². The highest BCUT2D eigenvalue weighted by Gasteiger charge is 2.42. The minimum absolute atomic E-state index is 0.0725. The van der Waals surface area contributed by atoms with E-state index < -0.39 is 12.2 Å². The van der Waals surface area contributed by atoms with Crippen molar-refractivity contribution >= 4 is 24.0 Å². The number of esters is 1. The lowest BCUT2D eigenvalue weighted by atomic mass is 9.91. The Balaban J connectivity index is 1.74. The maximum absolute atomic E-state index is 12.9. The zero-order valence-corrected chi connectivity index (χ0v) is 18.8. The van der Waals surface area contributed by atoms with Gasteiger partial charge in [-0.2, -0.15) is 11.8 Å². The van der Waals surface area contributed by atoms with Crippen LogP contribution in [-0.2, 0) is 14.3 Å². The fourth-order valence-electron chi connectivity index (χ4n) is 3.98. The van der Waals surface area contributed by atoms with Gasteiger partial charge in [-0.05, 0) is 49.4 Å². The van der Waals surface area contributed by atoms with Crippen molar-refractivity contribution in [3.8, 4) is 5.75 Å². The van der Waals surface area contributed by atoms with E-state index in [-0.39, 0.29) is 35.5 Å². The van der Waals surface area contributed by atoms with Crippen LogP contribution in [0.5, 0.6) is 5.75 Å². The van der Waals surface area contributed by atoms with Crippen molar-refractivity contribution in [2.24, 2.45) is 11.8 Å². The number of carbonyl (C=O) groups excluding carboxylic acids is 2. The Morgan fingerprint density at radius 1 is 1.26 bits per heavy atom. The molecule has 0 aliphatic heterocycles. The number of hydrogen-bond donors (Lipinski definition) is 2. The number of rotatable bonds is 14. The van der Waals surface area contributed by atoms with Crippen LogP contribution in [0.4, 0.5) is 4.39 Å². The van der Waals surface area contributed by atoms with Gasteiger partial charge in [0.25, 0.3) is 0 Å². The summed E-state index contributed by atoms with van der Waals surface area (Å²) in [5.74, 6) is 0.219. The van der Waals surface area contributed by atoms with E-state index in [1.165, 1.54) is 43.1 Å². The van der Waals surface area contributed by atoms with Gasteiger partial charge in [0.05, 0.1) is 19.3 Å². The summed E-state index contributed by atoms with van der Waals surface area (Å²) in [5, 5.41) is 20.6. The highest BCUT2D eigenvalue weighted by Crippen LogP contribution is 2.42. The second kappa shape index (κ2) is 13.7. The lowest BCUT2D eigenvalue weighted by Crippen LogP contribution is -2.28. The molecular formula is C23H33FO6S. The molecule has 0 radical (unpaired) electrons. The third-order valence-corrected chi connectivity index (χ3v) is 7.30. The first kappa shape index (κ1) is 25.6. The van der Waals surface area contributed by atoms with Crippen molar-refractivity contribution in [1.29, 1.82) is 0 Å². The molecule has 0 aromatic heterocycles. The Morgan fingerprint density at radius 2 is 1.97 bits per heavy atom. The Morgan fingerprint density at radius 3 is 2.65 bits per heavy atom. The number of methoxy groups -OCH3 is 1. The SMILES string of the molecule is COC(=O)CCCCCC[C@H]1C(C=O)CC(O)[C@@H]1SCC(O)COc1ccc(F)cc1. The molecule has 31 heavy (non-hydrogen) atoms. The summed E-state index contributed by atoms with van der Waals surface area (Å²) >= 11 is 1.48. The lowest BCUT2D eigenvalue weighted by molar-refractivity contribution is -0.140. The standard InChI is InChI=1S/C23H33FO6S/c1-29-22(28)7-5-3-2-4-6-20-16(13-25)12-21(27)23(20)31-15-18(26)14-30-19-10-8-17(24)9-11-19/h8-11,13,16,18,20-21,23,26-27H,2-7,12,14-15H2,1H3/t16?,18?,20-,21?,23+/m0/s1. The smallest absolute Gasteiger partial charge is 0.305 e. The lowest BCUT2D eigenvalue weighted by Gasteiger charge is -2.24. The maximum Gasteiger partial charge on any atom is 0.305 e. The van der Waals surface area contributed by atoms with Crippen molar-refractivity contribution in [3.05, 3.63) is 30.1 Å². The van der Waals surface area contributed by atoms with Crippen molar-refractivity contribution < 1.29 is 33.7 Å². The summed E-state index contributed by atoms with van der Waals surface area (Å²) in [6, 6.07) is 5.60. The van der Waals surface area contributed by atoms with E-state index in [1.807, 2.05) is 0 Å². The molecule has 1 saturated carbocycles. The van der Waals surface area contributed by atoms with E-state index in [0.29, 0.717) is 24.3 Å². The normalized spacial score (nSPS) is 24.0. The van der Waals surface area contributed by atoms with Gasteiger partial charge in [0.1, 0.15) is 24.5 Å². The Bertz CT molecular complexity index is 671. The number of ether oxygens (including phenoxy) is 2. The molecule has 1 aliphatic carbocycles. The Kier molecular flexibility index (Phi) is 11.3. The van der Waals surface area contributed by atoms with Crippen LogP contribution in [0.2, 0.25) is 0 Å². The molecule has 5 atom stereocenters. The monoisotopic (exact) mass is 456 g/mol. The molecular weight excluding hydrogens is 423 g/mol. The zero-order chi connectivity index (χ0) is 22.6. The van der Waals surface area contributed by atoms with Crippen LogP contribution >= 0.6 is 11.8 Å². The molecule has 174 valence electrons. The molecule has 3 unspecified atom stereocenters. The topological polar surface area (TPSA) is 93.1 Å². The molecule has 1 aromatic rings. The molecule has 0 heterocycles. The molecule has 2 rings (SSSR count). The average Bonchev–Trinajstić information content (AvgIpc) is 3.08. The fourth-order valence-corrected chi connectivity index (χ4v) is 5.44. The minimum atomic E-state index is -0.739. The van der Waals surface area contributed by atoms with Crippen LogP contribution in [0.25, 0.3) is 0 Å². The van der Waals surface area contributed by atoms with E-state index in [9.17, 15) is 24.2 Å². The minimum Gasteiger partial charge on any atom is -0.491 e. The van der Waals surface area contributed by atoms with Crippen molar-refractivity contribution in [1.82, 2.24) is 0 Å². The molecule has 1 aromatic carbocycles. The van der Waals surface area contributed by atoms with Crippen LogP contribution in [0.1, 0.15) is 44.9 Å². The van der Waals surface area contributed by atoms with Crippen LogP contribution in [0.15, 0.2) is 24.3 Å². The van der Waals surface area contributed by atoms with E-state index >= 15 is 0 Å². The molecule has 1 fully saturated rings.